The molecule has 0 aromatic heterocycles. The fourth-order valence-corrected chi connectivity index (χ4v) is 7.69. The monoisotopic (exact) mass is 983 g/mol. The number of carbonyl (C=O) groups excluding carboxylic acids is 3. The minimum atomic E-state index is -0.833. The summed E-state index contributed by atoms with van der Waals surface area (Å²) in [6, 6.07) is 0. The zero-order chi connectivity index (χ0) is 51.4. The first-order chi connectivity index (χ1) is 35.0. The molecule has 402 valence electrons. The minimum absolute atomic E-state index is 0.119. The Labute approximate surface area is 437 Å². The Balaban J connectivity index is 4.54. The molecule has 6 heteroatoms. The Kier molecular flexibility index (Phi) is 54.9. The highest BCUT2D eigenvalue weighted by molar-refractivity contribution is 5.71. The van der Waals surface area contributed by atoms with E-state index in [4.69, 9.17) is 14.2 Å². The van der Waals surface area contributed by atoms with Crippen molar-refractivity contribution in [3.63, 3.8) is 0 Å². The van der Waals surface area contributed by atoms with Crippen molar-refractivity contribution in [1.29, 1.82) is 0 Å². The van der Waals surface area contributed by atoms with Gasteiger partial charge in [0.2, 0.25) is 0 Å². The first-order valence-electron chi connectivity index (χ1n) is 29.0. The third-order valence-corrected chi connectivity index (χ3v) is 12.0. The molecule has 0 fully saturated rings. The van der Waals surface area contributed by atoms with Gasteiger partial charge < -0.3 is 14.2 Å². The van der Waals surface area contributed by atoms with Crippen molar-refractivity contribution < 1.29 is 28.6 Å². The summed E-state index contributed by atoms with van der Waals surface area (Å²) in [7, 11) is 0. The molecule has 6 nitrogen and oxygen atoms in total. The van der Waals surface area contributed by atoms with Gasteiger partial charge in [0.25, 0.3) is 0 Å². The zero-order valence-corrected chi connectivity index (χ0v) is 45.9. The van der Waals surface area contributed by atoms with E-state index in [2.05, 4.69) is 142 Å². The summed E-state index contributed by atoms with van der Waals surface area (Å²) in [4.78, 5) is 38.1. The predicted octanol–water partition coefficient (Wildman–Crippen LogP) is 19.6. The van der Waals surface area contributed by atoms with E-state index in [1.807, 2.05) is 0 Å². The molecule has 0 amide bonds. The van der Waals surface area contributed by atoms with Crippen LogP contribution in [0.1, 0.15) is 252 Å². The lowest BCUT2D eigenvalue weighted by atomic mass is 10.0. The van der Waals surface area contributed by atoms with Crippen LogP contribution in [-0.4, -0.2) is 37.2 Å². The van der Waals surface area contributed by atoms with Gasteiger partial charge in [0.15, 0.2) is 6.10 Å². The zero-order valence-electron chi connectivity index (χ0n) is 45.9. The molecule has 0 bridgehead atoms. The van der Waals surface area contributed by atoms with Crippen LogP contribution >= 0.6 is 0 Å². The highest BCUT2D eigenvalue weighted by Crippen LogP contribution is 2.16. The average Bonchev–Trinajstić information content (AvgIpc) is 3.37. The number of hydrogen-bond acceptors (Lipinski definition) is 6. The van der Waals surface area contributed by atoms with E-state index in [0.29, 0.717) is 19.3 Å². The number of ether oxygens (including phenoxy) is 3. The molecule has 0 aliphatic carbocycles. The van der Waals surface area contributed by atoms with Gasteiger partial charge in [-0.1, -0.05) is 258 Å². The largest absolute Gasteiger partial charge is 0.462 e. The number of unbranched alkanes of at least 4 members (excludes halogenated alkanes) is 20. The van der Waals surface area contributed by atoms with Gasteiger partial charge in [-0.2, -0.15) is 0 Å². The van der Waals surface area contributed by atoms with Crippen LogP contribution < -0.4 is 0 Å². The van der Waals surface area contributed by atoms with Gasteiger partial charge in [0, 0.05) is 19.3 Å². The molecular weight excluding hydrogens is 877 g/mol. The number of rotatable bonds is 51. The van der Waals surface area contributed by atoms with Gasteiger partial charge in [-0.05, 0) is 96.3 Å². The van der Waals surface area contributed by atoms with Crippen molar-refractivity contribution >= 4 is 17.9 Å². The second-order valence-electron chi connectivity index (χ2n) is 18.8. The molecule has 0 saturated heterocycles. The summed E-state index contributed by atoms with van der Waals surface area (Å²) in [6.45, 7) is 6.33. The molecule has 0 aromatic rings. The molecule has 0 rings (SSSR count). The lowest BCUT2D eigenvalue weighted by Gasteiger charge is -2.18. The Morgan fingerprint density at radius 2 is 0.549 bits per heavy atom. The van der Waals surface area contributed by atoms with Crippen LogP contribution in [0.25, 0.3) is 0 Å². The maximum Gasteiger partial charge on any atom is 0.306 e. The summed E-state index contributed by atoms with van der Waals surface area (Å²) in [5.74, 6) is -1.04. The van der Waals surface area contributed by atoms with E-state index in [-0.39, 0.29) is 44.0 Å². The molecule has 0 spiro atoms. The van der Waals surface area contributed by atoms with Gasteiger partial charge in [-0.25, -0.2) is 0 Å². The van der Waals surface area contributed by atoms with Crippen molar-refractivity contribution in [1.82, 2.24) is 0 Å². The fourth-order valence-electron chi connectivity index (χ4n) is 7.69. The minimum Gasteiger partial charge on any atom is -0.462 e. The molecule has 0 heterocycles. The molecule has 0 saturated carbocycles. The van der Waals surface area contributed by atoms with E-state index in [1.165, 1.54) is 103 Å². The van der Waals surface area contributed by atoms with Gasteiger partial charge >= 0.3 is 17.9 Å². The molecule has 71 heavy (non-hydrogen) atoms. The van der Waals surface area contributed by atoms with Crippen LogP contribution in [0, 0.1) is 0 Å². The van der Waals surface area contributed by atoms with Gasteiger partial charge in [-0.15, -0.1) is 0 Å². The first kappa shape index (κ1) is 66.8. The number of esters is 3. The quantitative estimate of drug-likeness (QED) is 0.0261. The normalized spacial score (nSPS) is 13.0. The Morgan fingerprint density at radius 3 is 0.859 bits per heavy atom. The highest BCUT2D eigenvalue weighted by Gasteiger charge is 2.19. The maximum absolute atomic E-state index is 12.8. The van der Waals surface area contributed by atoms with E-state index in [9.17, 15) is 14.4 Å². The molecule has 1 unspecified atom stereocenters. The average molecular weight is 984 g/mol. The number of hydrogen-bond donors (Lipinski definition) is 0. The smallest absolute Gasteiger partial charge is 0.306 e. The molecule has 0 radical (unpaired) electrons. The van der Waals surface area contributed by atoms with Crippen LogP contribution in [0.15, 0.2) is 122 Å². The van der Waals surface area contributed by atoms with Crippen LogP contribution in [0.5, 0.6) is 0 Å². The Hall–Kier alpha value is -4.19. The number of allylic oxidation sites excluding steroid dienone is 20. The fraction of sp³-hybridized carbons (Fsp3) is 0.646. The third-order valence-electron chi connectivity index (χ3n) is 12.0. The van der Waals surface area contributed by atoms with Crippen LogP contribution in [0.4, 0.5) is 0 Å². The van der Waals surface area contributed by atoms with Crippen LogP contribution in [0.3, 0.4) is 0 Å². The predicted molar refractivity (Wildman–Crippen MR) is 306 cm³/mol. The lowest BCUT2D eigenvalue weighted by Crippen LogP contribution is -2.30. The summed E-state index contributed by atoms with van der Waals surface area (Å²) in [6.07, 6.45) is 80.6. The molecule has 0 aliphatic heterocycles. The van der Waals surface area contributed by atoms with Crippen molar-refractivity contribution in [3.8, 4) is 0 Å². The Bertz CT molecular complexity index is 1500. The Morgan fingerprint density at radius 1 is 0.296 bits per heavy atom. The van der Waals surface area contributed by atoms with E-state index >= 15 is 0 Å². The number of carbonyl (C=O) groups is 3. The topological polar surface area (TPSA) is 78.9 Å². The van der Waals surface area contributed by atoms with Crippen molar-refractivity contribution in [2.75, 3.05) is 13.2 Å². The molecule has 0 aliphatic rings. The van der Waals surface area contributed by atoms with Crippen molar-refractivity contribution in [3.05, 3.63) is 122 Å². The van der Waals surface area contributed by atoms with Gasteiger partial charge in [-0.3, -0.25) is 14.4 Å². The van der Waals surface area contributed by atoms with Gasteiger partial charge in [0.05, 0.1) is 0 Å². The molecular formula is C65H106O6. The van der Waals surface area contributed by atoms with E-state index < -0.39 is 6.10 Å². The summed E-state index contributed by atoms with van der Waals surface area (Å²) in [5.41, 5.74) is 0. The maximum atomic E-state index is 12.8. The standard InChI is InChI=1S/C65H106O6/c1-4-7-10-13-16-19-22-25-28-31-32-35-37-40-43-46-49-52-55-58-64(67)70-61-62(71-65(68)59-56-53-50-47-44-41-38-34-30-27-24-21-18-15-12-9-6-3)60-69-63(66)57-54-51-48-45-42-39-36-33-29-26-23-20-17-14-11-8-5-2/h8-9,11-12,17-18,20-21,26-27,29-30,36,38-39,41,45,47-48,50,62H,4-7,10,13-16,19,22-25,28,31-35,37,40,42-44,46,49,51-61H2,1-3H3/b11-8-,12-9-,20-17-,21-18-,29-26-,30-27-,39-36-,41-38-,48-45-,50-47-. The summed E-state index contributed by atoms with van der Waals surface area (Å²) < 4.78 is 16.8. The highest BCUT2D eigenvalue weighted by atomic mass is 16.6. The van der Waals surface area contributed by atoms with Crippen LogP contribution in [-0.2, 0) is 28.6 Å². The second kappa shape index (κ2) is 58.4. The molecule has 1 atom stereocenters. The summed E-state index contributed by atoms with van der Waals surface area (Å²) in [5, 5.41) is 0. The third kappa shape index (κ3) is 56.6. The summed E-state index contributed by atoms with van der Waals surface area (Å²) >= 11 is 0. The molecule has 0 aromatic carbocycles. The van der Waals surface area contributed by atoms with Crippen molar-refractivity contribution in [2.45, 2.75) is 258 Å². The van der Waals surface area contributed by atoms with E-state index in [0.717, 1.165) is 96.3 Å². The first-order valence-corrected chi connectivity index (χ1v) is 29.0. The SMILES string of the molecule is CC/C=C\C/C=C\C/C=C\C/C=C\C/C=C\CCCC(=O)OCC(COC(=O)CCCCCCCCCCCCCCCCCCCCC)OC(=O)CCC/C=C\C/C=C\C/C=C\C/C=C\C/C=C\CC. The van der Waals surface area contributed by atoms with Gasteiger partial charge in [0.1, 0.15) is 13.2 Å². The van der Waals surface area contributed by atoms with E-state index in [1.54, 1.807) is 0 Å². The van der Waals surface area contributed by atoms with Crippen LogP contribution in [0.2, 0.25) is 0 Å². The van der Waals surface area contributed by atoms with Crippen molar-refractivity contribution in [2.24, 2.45) is 0 Å². The lowest BCUT2D eigenvalue weighted by molar-refractivity contribution is -0.167. The molecule has 0 N–H and O–H groups in total. The second-order valence-corrected chi connectivity index (χ2v) is 18.8.